The van der Waals surface area contributed by atoms with Gasteiger partial charge in [0.25, 0.3) is 0 Å². The molecule has 0 aliphatic rings. The molecule has 29 heavy (non-hydrogen) atoms. The molecule has 1 heterocycles. The van der Waals surface area contributed by atoms with E-state index in [4.69, 9.17) is 0 Å². The first-order chi connectivity index (χ1) is 13.5. The van der Waals surface area contributed by atoms with Crippen molar-refractivity contribution in [3.63, 3.8) is 0 Å². The van der Waals surface area contributed by atoms with Crippen LogP contribution >= 0.6 is 0 Å². The molecule has 0 saturated carbocycles. The number of hydrogen-bond acceptors (Lipinski definition) is 8. The molecule has 0 bridgehead atoms. The second kappa shape index (κ2) is 8.79. The Kier molecular flexibility index (Phi) is 6.66. The highest BCUT2D eigenvalue weighted by Crippen LogP contribution is 2.31. The van der Waals surface area contributed by atoms with Crippen molar-refractivity contribution >= 4 is 23.6 Å². The van der Waals surface area contributed by atoms with Crippen molar-refractivity contribution in [2.75, 3.05) is 30.9 Å². The Morgan fingerprint density at radius 1 is 1.07 bits per heavy atom. The van der Waals surface area contributed by atoms with Crippen LogP contribution in [0.3, 0.4) is 0 Å². The Labute approximate surface area is 159 Å². The van der Waals surface area contributed by atoms with E-state index in [0.29, 0.717) is 0 Å². The summed E-state index contributed by atoms with van der Waals surface area (Å²) in [5.41, 5.74) is -1.05. The predicted molar refractivity (Wildman–Crippen MR) is 86.6 cm³/mol. The Morgan fingerprint density at radius 3 is 2.38 bits per heavy atom. The summed E-state index contributed by atoms with van der Waals surface area (Å²) in [6.45, 7) is -2.14. The zero-order chi connectivity index (χ0) is 21.7. The van der Waals surface area contributed by atoms with Gasteiger partial charge in [-0.3, -0.25) is 4.79 Å². The Bertz CT molecular complexity index is 859. The van der Waals surface area contributed by atoms with Crippen molar-refractivity contribution < 1.29 is 40.6 Å². The number of aromatic nitrogens is 3. The molecule has 0 aliphatic heterocycles. The lowest BCUT2D eigenvalue weighted by molar-refractivity contribution is -0.154. The molecule has 0 aliphatic carbocycles. The van der Waals surface area contributed by atoms with Crippen molar-refractivity contribution in [1.29, 1.82) is 0 Å². The fraction of sp³-hybridized carbons (Fsp3) is 0.333. The topological polar surface area (TPSA) is 98.3 Å². The third kappa shape index (κ3) is 7.31. The van der Waals surface area contributed by atoms with Gasteiger partial charge in [0.05, 0.1) is 12.7 Å². The number of esters is 1. The molecule has 158 valence electrons. The van der Waals surface area contributed by atoms with Gasteiger partial charge in [0, 0.05) is 5.69 Å². The zero-order valence-electron chi connectivity index (χ0n) is 14.6. The fourth-order valence-electron chi connectivity index (χ4n) is 1.83. The number of carbonyl (C=O) groups excluding carboxylic acids is 1. The van der Waals surface area contributed by atoms with E-state index in [1.807, 2.05) is 0 Å². The number of rotatable bonds is 7. The fourth-order valence-corrected chi connectivity index (χ4v) is 1.83. The minimum atomic E-state index is -4.68. The molecule has 0 spiro atoms. The first-order valence-electron chi connectivity index (χ1n) is 7.67. The maximum absolute atomic E-state index is 12.8. The van der Waals surface area contributed by atoms with Crippen LogP contribution in [0.2, 0.25) is 0 Å². The number of nitrogens with one attached hydrogen (secondary N) is 2. The standard InChI is InChI=1S/C15H13F6N5O3/c1-28-10(27)6-22-11-24-12(26-13(25-11)29-7-14(16,17)18)23-9-4-2-3-8(5-9)15(19,20)21/h2-5H,6-7H2,1H3,(H2,22,23,24,25,26). The van der Waals surface area contributed by atoms with Crippen LogP contribution in [0.15, 0.2) is 24.3 Å². The SMILES string of the molecule is COC(=O)CNc1nc(Nc2cccc(C(F)(F)F)c2)nc(OCC(F)(F)F)n1. The second-order valence-corrected chi connectivity index (χ2v) is 5.30. The van der Waals surface area contributed by atoms with Crippen LogP contribution in [-0.2, 0) is 15.7 Å². The summed E-state index contributed by atoms with van der Waals surface area (Å²) < 4.78 is 84.3. The molecule has 0 unspecified atom stereocenters. The average Bonchev–Trinajstić information content (AvgIpc) is 2.63. The van der Waals surface area contributed by atoms with Crippen LogP contribution in [0.25, 0.3) is 0 Å². The molecule has 14 heteroatoms. The first kappa shape index (κ1) is 22.0. The van der Waals surface area contributed by atoms with Crippen molar-refractivity contribution in [3.05, 3.63) is 29.8 Å². The Morgan fingerprint density at radius 2 is 1.76 bits per heavy atom. The number of halogens is 6. The summed E-state index contributed by atoms with van der Waals surface area (Å²) >= 11 is 0. The number of carbonyl (C=O) groups is 1. The third-order valence-corrected chi connectivity index (χ3v) is 3.04. The molecular weight excluding hydrogens is 412 g/mol. The lowest BCUT2D eigenvalue weighted by Gasteiger charge is -2.12. The summed E-state index contributed by atoms with van der Waals surface area (Å²) in [6.07, 6.45) is -9.29. The zero-order valence-corrected chi connectivity index (χ0v) is 14.6. The molecular formula is C15H13F6N5O3. The highest BCUT2D eigenvalue weighted by molar-refractivity contribution is 5.74. The first-order valence-corrected chi connectivity index (χ1v) is 7.67. The van der Waals surface area contributed by atoms with E-state index in [-0.39, 0.29) is 11.6 Å². The summed E-state index contributed by atoms with van der Waals surface area (Å²) in [5.74, 6) is -1.50. The van der Waals surface area contributed by atoms with Crippen LogP contribution in [0.1, 0.15) is 5.56 Å². The van der Waals surface area contributed by atoms with Gasteiger partial charge in [-0.1, -0.05) is 6.07 Å². The van der Waals surface area contributed by atoms with Gasteiger partial charge in [0.1, 0.15) is 6.54 Å². The van der Waals surface area contributed by atoms with Crippen LogP contribution in [0.4, 0.5) is 43.9 Å². The van der Waals surface area contributed by atoms with Gasteiger partial charge in [0.2, 0.25) is 11.9 Å². The minimum Gasteiger partial charge on any atom is -0.468 e. The van der Waals surface area contributed by atoms with Gasteiger partial charge >= 0.3 is 24.3 Å². The Balaban J connectivity index is 2.27. The third-order valence-electron chi connectivity index (χ3n) is 3.04. The van der Waals surface area contributed by atoms with Crippen molar-refractivity contribution in [3.8, 4) is 6.01 Å². The maximum Gasteiger partial charge on any atom is 0.422 e. The molecule has 0 saturated heterocycles. The number of anilines is 3. The number of alkyl halides is 6. The smallest absolute Gasteiger partial charge is 0.422 e. The van der Waals surface area contributed by atoms with Gasteiger partial charge in [-0.2, -0.15) is 41.3 Å². The Hall–Kier alpha value is -3.32. The van der Waals surface area contributed by atoms with E-state index in [0.717, 1.165) is 25.3 Å². The van der Waals surface area contributed by atoms with Crippen molar-refractivity contribution in [1.82, 2.24) is 15.0 Å². The van der Waals surface area contributed by atoms with Crippen molar-refractivity contribution in [2.45, 2.75) is 12.4 Å². The van der Waals surface area contributed by atoms with E-state index < -0.39 is 49.0 Å². The van der Waals surface area contributed by atoms with Crippen molar-refractivity contribution in [2.24, 2.45) is 0 Å². The van der Waals surface area contributed by atoms with E-state index in [1.54, 1.807) is 0 Å². The molecule has 0 amide bonds. The molecule has 2 aromatic rings. The van der Waals surface area contributed by atoms with Crippen LogP contribution in [0, 0.1) is 0 Å². The van der Waals surface area contributed by atoms with E-state index in [1.165, 1.54) is 6.07 Å². The normalized spacial score (nSPS) is 11.7. The van der Waals surface area contributed by atoms with Gasteiger partial charge in [-0.15, -0.1) is 0 Å². The van der Waals surface area contributed by atoms with E-state index in [9.17, 15) is 31.1 Å². The molecule has 2 rings (SSSR count). The molecule has 0 fully saturated rings. The van der Waals surface area contributed by atoms with Crippen LogP contribution in [-0.4, -0.2) is 47.4 Å². The average molecular weight is 425 g/mol. The predicted octanol–water partition coefficient (Wildman–Crippen LogP) is 3.16. The maximum atomic E-state index is 12.8. The monoisotopic (exact) mass is 425 g/mol. The largest absolute Gasteiger partial charge is 0.468 e. The number of methoxy groups -OCH3 is 1. The molecule has 8 nitrogen and oxygen atoms in total. The van der Waals surface area contributed by atoms with E-state index >= 15 is 0 Å². The molecule has 1 aromatic heterocycles. The lowest BCUT2D eigenvalue weighted by Crippen LogP contribution is -2.21. The van der Waals surface area contributed by atoms with E-state index in [2.05, 4.69) is 35.1 Å². The molecule has 1 aromatic carbocycles. The number of hydrogen-bond donors (Lipinski definition) is 2. The lowest BCUT2D eigenvalue weighted by atomic mass is 10.2. The summed E-state index contributed by atoms with van der Waals surface area (Å²) in [5, 5.41) is 4.79. The quantitative estimate of drug-likeness (QED) is 0.516. The van der Waals surface area contributed by atoms with Crippen LogP contribution < -0.4 is 15.4 Å². The highest BCUT2D eigenvalue weighted by Gasteiger charge is 2.31. The minimum absolute atomic E-state index is 0.0910. The number of ether oxygens (including phenoxy) is 2. The molecule has 2 N–H and O–H groups in total. The van der Waals surface area contributed by atoms with Gasteiger partial charge in [-0.25, -0.2) is 0 Å². The summed E-state index contributed by atoms with van der Waals surface area (Å²) in [6, 6.07) is 3.20. The van der Waals surface area contributed by atoms with Gasteiger partial charge < -0.3 is 20.1 Å². The van der Waals surface area contributed by atoms with Crippen LogP contribution in [0.5, 0.6) is 6.01 Å². The summed E-state index contributed by atoms with van der Waals surface area (Å²) in [7, 11) is 1.11. The molecule has 0 atom stereocenters. The molecule has 0 radical (unpaired) electrons. The summed E-state index contributed by atoms with van der Waals surface area (Å²) in [4.78, 5) is 22.1. The number of nitrogens with zero attached hydrogens (tertiary/aromatic N) is 3. The number of benzene rings is 1. The second-order valence-electron chi connectivity index (χ2n) is 5.30. The van der Waals surface area contributed by atoms with Gasteiger partial charge in [0.15, 0.2) is 6.61 Å². The highest BCUT2D eigenvalue weighted by atomic mass is 19.4. The van der Waals surface area contributed by atoms with Gasteiger partial charge in [-0.05, 0) is 18.2 Å².